The molecule has 0 fully saturated rings. The standard InChI is InChI=1S/C15H10BrFN2O3S/c1-8(13(20)19-14-9(7-18)4-5-23-14)22-15(21)11-3-2-10(16)6-12(11)17/h2-6,8H,1H3,(H,19,20)/t8-/m0/s1. The second-order valence-corrected chi connectivity index (χ2v) is 6.27. The smallest absolute Gasteiger partial charge is 0.341 e. The molecule has 1 aromatic carbocycles. The molecule has 0 radical (unpaired) electrons. The molecule has 0 unspecified atom stereocenters. The molecule has 0 aliphatic heterocycles. The first-order valence-corrected chi connectivity index (χ1v) is 8.04. The fraction of sp³-hybridized carbons (Fsp3) is 0.133. The summed E-state index contributed by atoms with van der Waals surface area (Å²) in [5, 5.41) is 13.4. The van der Waals surface area contributed by atoms with Crippen molar-refractivity contribution in [2.45, 2.75) is 13.0 Å². The van der Waals surface area contributed by atoms with E-state index in [1.165, 1.54) is 30.4 Å². The van der Waals surface area contributed by atoms with Crippen LogP contribution < -0.4 is 5.32 Å². The highest BCUT2D eigenvalue weighted by Crippen LogP contribution is 2.22. The van der Waals surface area contributed by atoms with Gasteiger partial charge in [-0.2, -0.15) is 5.26 Å². The molecule has 2 rings (SSSR count). The number of benzene rings is 1. The van der Waals surface area contributed by atoms with Gasteiger partial charge in [0.25, 0.3) is 5.91 Å². The highest BCUT2D eigenvalue weighted by atomic mass is 79.9. The summed E-state index contributed by atoms with van der Waals surface area (Å²) < 4.78 is 19.1. The molecule has 0 spiro atoms. The number of ether oxygens (including phenoxy) is 1. The number of anilines is 1. The Balaban J connectivity index is 2.03. The number of carbonyl (C=O) groups excluding carboxylic acids is 2. The predicted octanol–water partition coefficient (Wildman–Crippen LogP) is 3.71. The molecule has 0 aliphatic carbocycles. The maximum atomic E-state index is 13.7. The van der Waals surface area contributed by atoms with Gasteiger partial charge in [-0.05, 0) is 36.6 Å². The molecule has 2 aromatic rings. The SMILES string of the molecule is C[C@H](OC(=O)c1ccc(Br)cc1F)C(=O)Nc1sccc1C#N. The van der Waals surface area contributed by atoms with Crippen molar-refractivity contribution in [3.05, 3.63) is 51.1 Å². The van der Waals surface area contributed by atoms with Crippen molar-refractivity contribution in [3.8, 4) is 6.07 Å². The summed E-state index contributed by atoms with van der Waals surface area (Å²) in [4.78, 5) is 23.9. The zero-order valence-corrected chi connectivity index (χ0v) is 14.2. The van der Waals surface area contributed by atoms with Crippen molar-refractivity contribution >= 4 is 44.1 Å². The summed E-state index contributed by atoms with van der Waals surface area (Å²) in [6.45, 7) is 1.36. The van der Waals surface area contributed by atoms with E-state index in [9.17, 15) is 14.0 Å². The zero-order chi connectivity index (χ0) is 17.0. The fourth-order valence-electron chi connectivity index (χ4n) is 1.64. The predicted molar refractivity (Wildman–Crippen MR) is 86.6 cm³/mol. The minimum atomic E-state index is -1.14. The molecule has 1 amide bonds. The minimum absolute atomic E-state index is 0.262. The van der Waals surface area contributed by atoms with E-state index < -0.39 is 23.8 Å². The van der Waals surface area contributed by atoms with Crippen LogP contribution in [0.5, 0.6) is 0 Å². The van der Waals surface area contributed by atoms with E-state index in [-0.39, 0.29) is 5.56 Å². The number of nitriles is 1. The van der Waals surface area contributed by atoms with Crippen LogP contribution in [0.15, 0.2) is 34.1 Å². The number of rotatable bonds is 4. The number of nitrogens with zero attached hydrogens (tertiary/aromatic N) is 1. The number of hydrogen-bond donors (Lipinski definition) is 1. The Bertz CT molecular complexity index is 800. The molecular weight excluding hydrogens is 387 g/mol. The summed E-state index contributed by atoms with van der Waals surface area (Å²) in [5.74, 6) is -2.29. The molecule has 0 saturated heterocycles. The van der Waals surface area contributed by atoms with Gasteiger partial charge in [-0.1, -0.05) is 15.9 Å². The van der Waals surface area contributed by atoms with Crippen LogP contribution in [0.3, 0.4) is 0 Å². The average Bonchev–Trinajstić information content (AvgIpc) is 2.94. The molecule has 118 valence electrons. The van der Waals surface area contributed by atoms with Gasteiger partial charge >= 0.3 is 5.97 Å². The number of carbonyl (C=O) groups is 2. The lowest BCUT2D eigenvalue weighted by molar-refractivity contribution is -0.123. The van der Waals surface area contributed by atoms with E-state index in [1.807, 2.05) is 6.07 Å². The minimum Gasteiger partial charge on any atom is -0.449 e. The topological polar surface area (TPSA) is 79.2 Å². The van der Waals surface area contributed by atoms with Crippen LogP contribution in [0.25, 0.3) is 0 Å². The van der Waals surface area contributed by atoms with Crippen molar-refractivity contribution in [2.24, 2.45) is 0 Å². The van der Waals surface area contributed by atoms with E-state index in [1.54, 1.807) is 11.4 Å². The molecule has 8 heteroatoms. The van der Waals surface area contributed by atoms with Crippen molar-refractivity contribution in [1.29, 1.82) is 5.26 Å². The highest BCUT2D eigenvalue weighted by molar-refractivity contribution is 9.10. The van der Waals surface area contributed by atoms with Crippen LogP contribution in [0.1, 0.15) is 22.8 Å². The van der Waals surface area contributed by atoms with Crippen molar-refractivity contribution in [3.63, 3.8) is 0 Å². The first kappa shape index (κ1) is 17.1. The Kier molecular flexibility index (Phi) is 5.47. The highest BCUT2D eigenvalue weighted by Gasteiger charge is 2.22. The molecule has 23 heavy (non-hydrogen) atoms. The monoisotopic (exact) mass is 396 g/mol. The number of esters is 1. The van der Waals surface area contributed by atoms with Crippen LogP contribution in [-0.4, -0.2) is 18.0 Å². The van der Waals surface area contributed by atoms with Gasteiger partial charge in [0.2, 0.25) is 0 Å². The third kappa shape index (κ3) is 4.15. The number of amides is 1. The summed E-state index contributed by atoms with van der Waals surface area (Å²) in [6.07, 6.45) is -1.14. The van der Waals surface area contributed by atoms with Crippen molar-refractivity contribution < 1.29 is 18.7 Å². The molecule has 1 N–H and O–H groups in total. The van der Waals surface area contributed by atoms with Gasteiger partial charge < -0.3 is 10.1 Å². The molecule has 1 atom stereocenters. The van der Waals surface area contributed by atoms with Crippen LogP contribution in [0.2, 0.25) is 0 Å². The Hall–Kier alpha value is -2.24. The van der Waals surface area contributed by atoms with Crippen molar-refractivity contribution in [2.75, 3.05) is 5.32 Å². The number of thiophene rings is 1. The summed E-state index contributed by atoms with van der Waals surface area (Å²) in [7, 11) is 0. The van der Waals surface area contributed by atoms with Gasteiger partial charge in [-0.15, -0.1) is 11.3 Å². The van der Waals surface area contributed by atoms with Gasteiger partial charge in [-0.3, -0.25) is 4.79 Å². The van der Waals surface area contributed by atoms with Gasteiger partial charge in [0, 0.05) is 4.47 Å². The van der Waals surface area contributed by atoms with E-state index >= 15 is 0 Å². The fourth-order valence-corrected chi connectivity index (χ4v) is 2.71. The largest absolute Gasteiger partial charge is 0.449 e. The molecule has 5 nitrogen and oxygen atoms in total. The Morgan fingerprint density at radius 1 is 1.43 bits per heavy atom. The lowest BCUT2D eigenvalue weighted by atomic mass is 10.2. The number of hydrogen-bond acceptors (Lipinski definition) is 5. The first-order chi connectivity index (χ1) is 10.9. The molecule has 1 aromatic heterocycles. The lowest BCUT2D eigenvalue weighted by Crippen LogP contribution is -2.30. The van der Waals surface area contributed by atoms with E-state index in [2.05, 4.69) is 21.2 Å². The van der Waals surface area contributed by atoms with Crippen LogP contribution in [0, 0.1) is 17.1 Å². The van der Waals surface area contributed by atoms with Crippen LogP contribution in [-0.2, 0) is 9.53 Å². The lowest BCUT2D eigenvalue weighted by Gasteiger charge is -2.13. The number of halogens is 2. The molecular formula is C15H10BrFN2O3S. The van der Waals surface area contributed by atoms with Crippen molar-refractivity contribution in [1.82, 2.24) is 0 Å². The second kappa shape index (κ2) is 7.35. The second-order valence-electron chi connectivity index (χ2n) is 4.44. The van der Waals surface area contributed by atoms with E-state index in [0.717, 1.165) is 6.07 Å². The molecule has 0 aliphatic rings. The Morgan fingerprint density at radius 2 is 2.17 bits per heavy atom. The summed E-state index contributed by atoms with van der Waals surface area (Å²) in [5.41, 5.74) is 0.0579. The quantitative estimate of drug-likeness (QED) is 0.798. The summed E-state index contributed by atoms with van der Waals surface area (Å²) in [6, 6.07) is 7.39. The molecule has 1 heterocycles. The molecule has 0 saturated carbocycles. The van der Waals surface area contributed by atoms with Crippen LogP contribution in [0.4, 0.5) is 9.39 Å². The van der Waals surface area contributed by atoms with Gasteiger partial charge in [0.05, 0.1) is 11.1 Å². The van der Waals surface area contributed by atoms with Gasteiger partial charge in [0.1, 0.15) is 16.9 Å². The molecule has 0 bridgehead atoms. The maximum absolute atomic E-state index is 13.7. The Labute approximate surface area is 143 Å². The third-order valence-corrected chi connectivity index (χ3v) is 4.15. The van der Waals surface area contributed by atoms with Crippen LogP contribution >= 0.6 is 27.3 Å². The summed E-state index contributed by atoms with van der Waals surface area (Å²) >= 11 is 4.26. The average molecular weight is 397 g/mol. The normalized spacial score (nSPS) is 11.4. The van der Waals surface area contributed by atoms with E-state index in [0.29, 0.717) is 15.0 Å². The first-order valence-electron chi connectivity index (χ1n) is 6.37. The zero-order valence-electron chi connectivity index (χ0n) is 11.8. The van der Waals surface area contributed by atoms with Gasteiger partial charge in [0.15, 0.2) is 6.10 Å². The Morgan fingerprint density at radius 3 is 2.83 bits per heavy atom. The maximum Gasteiger partial charge on any atom is 0.341 e. The van der Waals surface area contributed by atoms with E-state index in [4.69, 9.17) is 10.00 Å². The number of nitrogens with one attached hydrogen (secondary N) is 1. The van der Waals surface area contributed by atoms with Gasteiger partial charge in [-0.25, -0.2) is 9.18 Å². The third-order valence-electron chi connectivity index (χ3n) is 2.83.